The van der Waals surface area contributed by atoms with E-state index in [1.807, 2.05) is 0 Å². The number of nitrogens with one attached hydrogen (secondary N) is 1. The first-order valence-electron chi connectivity index (χ1n) is 6.72. The SMILES string of the molecule is NCC(NC(=O)Cn1nc2ccccn2c1=O)C1CC1. The number of pyridine rings is 1. The number of hydrogen-bond acceptors (Lipinski definition) is 4. The molecule has 106 valence electrons. The van der Waals surface area contributed by atoms with E-state index in [1.54, 1.807) is 24.4 Å². The van der Waals surface area contributed by atoms with Crippen LogP contribution in [-0.2, 0) is 11.3 Å². The summed E-state index contributed by atoms with van der Waals surface area (Å²) < 4.78 is 2.58. The molecule has 1 atom stereocenters. The quantitative estimate of drug-likeness (QED) is 0.758. The zero-order chi connectivity index (χ0) is 14.1. The third kappa shape index (κ3) is 2.44. The van der Waals surface area contributed by atoms with E-state index in [0.29, 0.717) is 18.1 Å². The Kier molecular flexibility index (Phi) is 3.27. The fourth-order valence-corrected chi connectivity index (χ4v) is 2.33. The molecule has 0 bridgehead atoms. The van der Waals surface area contributed by atoms with Crippen LogP contribution in [-0.4, -0.2) is 32.7 Å². The molecule has 2 aromatic heterocycles. The van der Waals surface area contributed by atoms with E-state index in [2.05, 4.69) is 10.4 Å². The van der Waals surface area contributed by atoms with Gasteiger partial charge in [-0.25, -0.2) is 9.48 Å². The minimum atomic E-state index is -0.313. The molecule has 0 saturated heterocycles. The van der Waals surface area contributed by atoms with Crippen molar-refractivity contribution in [2.75, 3.05) is 6.54 Å². The number of carbonyl (C=O) groups is 1. The molecule has 0 radical (unpaired) electrons. The average Bonchev–Trinajstić information content (AvgIpc) is 3.24. The van der Waals surface area contributed by atoms with Crippen LogP contribution in [0.15, 0.2) is 29.2 Å². The highest BCUT2D eigenvalue weighted by Crippen LogP contribution is 2.32. The Bertz CT molecular complexity index is 685. The minimum absolute atomic E-state index is 0.00948. The molecule has 7 nitrogen and oxygen atoms in total. The third-order valence-electron chi connectivity index (χ3n) is 3.57. The van der Waals surface area contributed by atoms with Crippen LogP contribution in [0.3, 0.4) is 0 Å². The molecule has 1 fully saturated rings. The Morgan fingerprint density at radius 3 is 2.95 bits per heavy atom. The third-order valence-corrected chi connectivity index (χ3v) is 3.57. The molecule has 1 unspecified atom stereocenters. The summed E-state index contributed by atoms with van der Waals surface area (Å²) in [6.45, 7) is 0.347. The number of carbonyl (C=O) groups excluding carboxylic acids is 1. The normalized spacial score (nSPS) is 16.2. The Morgan fingerprint density at radius 1 is 1.50 bits per heavy atom. The summed E-state index contributed by atoms with van der Waals surface area (Å²) in [4.78, 5) is 24.0. The van der Waals surface area contributed by atoms with Crippen LogP contribution in [0.1, 0.15) is 12.8 Å². The predicted octanol–water partition coefficient (Wildman–Crippen LogP) is -0.650. The highest BCUT2D eigenvalue weighted by atomic mass is 16.2. The van der Waals surface area contributed by atoms with Crippen LogP contribution < -0.4 is 16.7 Å². The number of aromatic nitrogens is 3. The Balaban J connectivity index is 1.74. The lowest BCUT2D eigenvalue weighted by Crippen LogP contribution is -2.44. The molecule has 7 heteroatoms. The molecule has 3 N–H and O–H groups in total. The van der Waals surface area contributed by atoms with Crippen molar-refractivity contribution in [2.24, 2.45) is 11.7 Å². The molecule has 1 aliphatic rings. The maximum absolute atomic E-state index is 12.0. The van der Waals surface area contributed by atoms with Crippen LogP contribution >= 0.6 is 0 Å². The zero-order valence-corrected chi connectivity index (χ0v) is 11.0. The number of amides is 1. The van der Waals surface area contributed by atoms with E-state index in [9.17, 15) is 9.59 Å². The number of nitrogens with two attached hydrogens (primary N) is 1. The van der Waals surface area contributed by atoms with Crippen molar-refractivity contribution in [2.45, 2.75) is 25.4 Å². The first kappa shape index (κ1) is 12.9. The second kappa shape index (κ2) is 5.09. The van der Waals surface area contributed by atoms with Gasteiger partial charge in [-0.15, -0.1) is 5.10 Å². The fraction of sp³-hybridized carbons (Fsp3) is 0.462. The summed E-state index contributed by atoms with van der Waals surface area (Å²) in [5.74, 6) is 0.264. The number of rotatable bonds is 5. The van der Waals surface area contributed by atoms with Crippen LogP contribution in [0, 0.1) is 5.92 Å². The van der Waals surface area contributed by atoms with Gasteiger partial charge in [0, 0.05) is 18.8 Å². The molecule has 0 spiro atoms. The van der Waals surface area contributed by atoms with Crippen LogP contribution in [0.5, 0.6) is 0 Å². The van der Waals surface area contributed by atoms with Crippen molar-refractivity contribution >= 4 is 11.6 Å². The van der Waals surface area contributed by atoms with Gasteiger partial charge in [0.15, 0.2) is 5.65 Å². The van der Waals surface area contributed by atoms with E-state index in [1.165, 1.54) is 9.08 Å². The van der Waals surface area contributed by atoms with Gasteiger partial charge in [-0.05, 0) is 30.9 Å². The van der Waals surface area contributed by atoms with Gasteiger partial charge in [-0.1, -0.05) is 6.07 Å². The molecule has 20 heavy (non-hydrogen) atoms. The summed E-state index contributed by atoms with van der Waals surface area (Å²) in [5.41, 5.74) is 5.86. The highest BCUT2D eigenvalue weighted by Gasteiger charge is 2.31. The van der Waals surface area contributed by atoms with Gasteiger partial charge in [0.05, 0.1) is 0 Å². The van der Waals surface area contributed by atoms with Crippen molar-refractivity contribution in [3.8, 4) is 0 Å². The smallest absolute Gasteiger partial charge is 0.350 e. The Morgan fingerprint density at radius 2 is 2.30 bits per heavy atom. The van der Waals surface area contributed by atoms with Crippen LogP contribution in [0.2, 0.25) is 0 Å². The van der Waals surface area contributed by atoms with Gasteiger partial charge in [-0.3, -0.25) is 9.20 Å². The van der Waals surface area contributed by atoms with Crippen molar-refractivity contribution in [3.05, 3.63) is 34.9 Å². The van der Waals surface area contributed by atoms with E-state index in [0.717, 1.165) is 12.8 Å². The first-order chi connectivity index (χ1) is 9.69. The fourth-order valence-electron chi connectivity index (χ4n) is 2.33. The monoisotopic (exact) mass is 275 g/mol. The Hall–Kier alpha value is -2.15. The molecule has 3 rings (SSSR count). The second-order valence-corrected chi connectivity index (χ2v) is 5.12. The summed E-state index contributed by atoms with van der Waals surface area (Å²) in [6, 6.07) is 5.28. The minimum Gasteiger partial charge on any atom is -0.350 e. The maximum Gasteiger partial charge on any atom is 0.350 e. The number of nitrogens with zero attached hydrogens (tertiary/aromatic N) is 3. The molecule has 1 aliphatic carbocycles. The summed E-state index contributed by atoms with van der Waals surface area (Å²) in [5, 5.41) is 7.00. The van der Waals surface area contributed by atoms with Crippen LogP contribution in [0.25, 0.3) is 5.65 Å². The summed E-state index contributed by atoms with van der Waals surface area (Å²) in [7, 11) is 0. The largest absolute Gasteiger partial charge is 0.350 e. The van der Waals surface area contributed by atoms with Gasteiger partial charge >= 0.3 is 5.69 Å². The maximum atomic E-state index is 12.0. The van der Waals surface area contributed by atoms with E-state index in [4.69, 9.17) is 5.73 Å². The number of hydrogen-bond donors (Lipinski definition) is 2. The first-order valence-corrected chi connectivity index (χ1v) is 6.72. The lowest BCUT2D eigenvalue weighted by Gasteiger charge is -2.15. The van der Waals surface area contributed by atoms with Crippen molar-refractivity contribution < 1.29 is 4.79 Å². The van der Waals surface area contributed by atoms with Crippen molar-refractivity contribution in [1.29, 1.82) is 0 Å². The van der Waals surface area contributed by atoms with Crippen LogP contribution in [0.4, 0.5) is 0 Å². The molecular weight excluding hydrogens is 258 g/mol. The lowest BCUT2D eigenvalue weighted by molar-refractivity contribution is -0.122. The van der Waals surface area contributed by atoms with E-state index in [-0.39, 0.29) is 24.2 Å². The second-order valence-electron chi connectivity index (χ2n) is 5.12. The molecule has 2 heterocycles. The standard InChI is InChI=1S/C13H17N5O2/c14-7-10(9-4-5-9)15-12(19)8-18-13(20)17-6-2-1-3-11(17)16-18/h1-3,6,9-10H,4-5,7-8,14H2,(H,15,19). The molecule has 0 aliphatic heterocycles. The Labute approximate surface area is 115 Å². The topological polar surface area (TPSA) is 94.4 Å². The molecule has 1 amide bonds. The molecular formula is C13H17N5O2. The van der Waals surface area contributed by atoms with Crippen molar-refractivity contribution in [3.63, 3.8) is 0 Å². The lowest BCUT2D eigenvalue weighted by atomic mass is 10.2. The van der Waals surface area contributed by atoms with Crippen molar-refractivity contribution in [1.82, 2.24) is 19.5 Å². The van der Waals surface area contributed by atoms with E-state index < -0.39 is 0 Å². The van der Waals surface area contributed by atoms with Gasteiger partial charge in [0.2, 0.25) is 5.91 Å². The van der Waals surface area contributed by atoms with Gasteiger partial charge < -0.3 is 11.1 Å². The molecule has 1 saturated carbocycles. The number of fused-ring (bicyclic) bond motifs is 1. The summed E-state index contributed by atoms with van der Waals surface area (Å²) in [6.07, 6.45) is 3.85. The predicted molar refractivity (Wildman–Crippen MR) is 73.2 cm³/mol. The van der Waals surface area contributed by atoms with Gasteiger partial charge in [0.1, 0.15) is 6.54 Å². The van der Waals surface area contributed by atoms with Gasteiger partial charge in [0.25, 0.3) is 0 Å². The van der Waals surface area contributed by atoms with E-state index >= 15 is 0 Å². The highest BCUT2D eigenvalue weighted by molar-refractivity contribution is 5.76. The molecule has 2 aromatic rings. The zero-order valence-electron chi connectivity index (χ0n) is 11.0. The average molecular weight is 275 g/mol. The summed E-state index contributed by atoms with van der Waals surface area (Å²) >= 11 is 0. The van der Waals surface area contributed by atoms with Gasteiger partial charge in [-0.2, -0.15) is 0 Å². The molecule has 0 aromatic carbocycles.